The van der Waals surface area contributed by atoms with Crippen LogP contribution in [0.25, 0.3) is 20.4 Å². The van der Waals surface area contributed by atoms with E-state index in [0.29, 0.717) is 11.6 Å². The second kappa shape index (κ2) is 16.7. The number of halogens is 1. The summed E-state index contributed by atoms with van der Waals surface area (Å²) in [4.78, 5) is 45.4. The van der Waals surface area contributed by atoms with Gasteiger partial charge < -0.3 is 14.8 Å². The number of carbonyl (C=O) groups is 1. The number of anilines is 2. The van der Waals surface area contributed by atoms with Gasteiger partial charge in [-0.05, 0) is 41.7 Å². The van der Waals surface area contributed by atoms with E-state index >= 15 is 0 Å². The molecule has 284 valence electrons. The van der Waals surface area contributed by atoms with Gasteiger partial charge in [-0.2, -0.15) is 0 Å². The second-order valence-corrected chi connectivity index (χ2v) is 17.9. The number of carbonyl (C=O) groups excluding carboxylic acids is 1. The molecule has 0 amide bonds. The topological polar surface area (TPSA) is 112 Å². The predicted octanol–water partition coefficient (Wildman–Crippen LogP) is 5.34. The standard InChI is InChI=1S/C23H25N5O2S2.C15H19ClN4OS/c29-20-11-15-1-2-16(12-18(15)31-20)26-22-21-17-3-4-28(6-5-27-7-9-30-10-8-27)13-19(17)32-23(21)25-14-24-22;16-14-13-11-1-2-20(4-3-19-5-7-21-8-6-19)9-12(11)22-15(13)18-10-17-14/h1-2,12,14H,3-11,13H2,(H,24,25,26);10H,1-9H2. The van der Waals surface area contributed by atoms with Crippen LogP contribution in [0.15, 0.2) is 35.7 Å². The van der Waals surface area contributed by atoms with Gasteiger partial charge in [-0.15, -0.1) is 22.7 Å². The summed E-state index contributed by atoms with van der Waals surface area (Å²) in [5, 5.41) is 6.56. The van der Waals surface area contributed by atoms with Gasteiger partial charge in [0.2, 0.25) is 0 Å². The van der Waals surface area contributed by atoms with E-state index in [2.05, 4.69) is 50.9 Å². The average molecular weight is 806 g/mol. The lowest BCUT2D eigenvalue weighted by atomic mass is 10.0. The number of rotatable bonds is 8. The molecule has 16 heteroatoms. The fraction of sp³-hybridized carbons (Fsp3) is 0.500. The van der Waals surface area contributed by atoms with Crippen molar-refractivity contribution in [1.82, 2.24) is 39.5 Å². The van der Waals surface area contributed by atoms with Gasteiger partial charge in [-0.3, -0.25) is 24.4 Å². The zero-order valence-electron chi connectivity index (χ0n) is 30.2. The Labute approximate surface area is 332 Å². The number of ether oxygens (including phenoxy) is 2. The van der Waals surface area contributed by atoms with E-state index in [-0.39, 0.29) is 5.12 Å². The number of benzene rings is 1. The zero-order valence-corrected chi connectivity index (χ0v) is 33.4. The first-order valence-electron chi connectivity index (χ1n) is 18.9. The van der Waals surface area contributed by atoms with Crippen molar-refractivity contribution in [3.05, 3.63) is 62.5 Å². The molecule has 5 aromatic rings. The summed E-state index contributed by atoms with van der Waals surface area (Å²) in [6.07, 6.45) is 5.80. The molecule has 1 aromatic carbocycles. The summed E-state index contributed by atoms with van der Waals surface area (Å²) in [5.41, 5.74) is 4.84. The largest absolute Gasteiger partial charge is 0.379 e. The van der Waals surface area contributed by atoms with E-state index in [1.165, 1.54) is 32.6 Å². The molecule has 5 aliphatic rings. The van der Waals surface area contributed by atoms with Crippen LogP contribution in [0, 0.1) is 0 Å². The molecule has 0 saturated carbocycles. The Balaban J connectivity index is 0.000000153. The number of nitrogens with zero attached hydrogens (tertiary/aromatic N) is 8. The first-order valence-corrected chi connectivity index (χ1v) is 21.7. The second-order valence-electron chi connectivity index (χ2n) is 14.3. The fourth-order valence-corrected chi connectivity index (χ4v) is 11.6. The highest BCUT2D eigenvalue weighted by Gasteiger charge is 2.26. The Hall–Kier alpha value is -2.83. The van der Waals surface area contributed by atoms with Gasteiger partial charge in [-0.25, -0.2) is 19.9 Å². The van der Waals surface area contributed by atoms with Gasteiger partial charge in [0.05, 0.1) is 37.2 Å². The van der Waals surface area contributed by atoms with Crippen molar-refractivity contribution in [3.63, 3.8) is 0 Å². The smallest absolute Gasteiger partial charge is 0.198 e. The summed E-state index contributed by atoms with van der Waals surface area (Å²) in [5.74, 6) is 0.864. The van der Waals surface area contributed by atoms with E-state index in [1.807, 2.05) is 12.1 Å². The maximum Gasteiger partial charge on any atom is 0.198 e. The summed E-state index contributed by atoms with van der Waals surface area (Å²) in [6.45, 7) is 16.3. The van der Waals surface area contributed by atoms with Crippen LogP contribution in [0.5, 0.6) is 0 Å². The number of thioether (sulfide) groups is 1. The third kappa shape index (κ3) is 8.17. The van der Waals surface area contributed by atoms with Gasteiger partial charge in [0.15, 0.2) is 5.12 Å². The van der Waals surface area contributed by atoms with Crippen molar-refractivity contribution < 1.29 is 14.3 Å². The molecular weight excluding hydrogens is 762 g/mol. The number of nitrogens with one attached hydrogen (secondary N) is 1. The molecule has 1 N–H and O–H groups in total. The van der Waals surface area contributed by atoms with Crippen molar-refractivity contribution in [1.29, 1.82) is 0 Å². The Kier molecular flexibility index (Phi) is 11.4. The van der Waals surface area contributed by atoms with Gasteiger partial charge >= 0.3 is 0 Å². The third-order valence-corrected chi connectivity index (χ3v) is 14.5. The summed E-state index contributed by atoms with van der Waals surface area (Å²) >= 11 is 11.2. The summed E-state index contributed by atoms with van der Waals surface area (Å²) < 4.78 is 10.9. The molecule has 2 fully saturated rings. The Bertz CT molecular complexity index is 2140. The Morgan fingerprint density at radius 2 is 1.28 bits per heavy atom. The first-order chi connectivity index (χ1) is 26.5. The maximum absolute atomic E-state index is 11.7. The maximum atomic E-state index is 11.7. The van der Waals surface area contributed by atoms with Crippen molar-refractivity contribution in [3.8, 4) is 0 Å². The van der Waals surface area contributed by atoms with E-state index in [0.717, 1.165) is 160 Å². The minimum Gasteiger partial charge on any atom is -0.379 e. The number of thiophene rings is 2. The number of fused-ring (bicyclic) bond motifs is 7. The lowest BCUT2D eigenvalue weighted by Crippen LogP contribution is -2.42. The van der Waals surface area contributed by atoms with Crippen molar-refractivity contribution in [2.75, 3.05) is 97.2 Å². The molecule has 12 nitrogen and oxygen atoms in total. The molecule has 0 aliphatic carbocycles. The van der Waals surface area contributed by atoms with E-state index in [1.54, 1.807) is 35.3 Å². The van der Waals surface area contributed by atoms with Crippen LogP contribution in [0.1, 0.15) is 26.4 Å². The van der Waals surface area contributed by atoms with Crippen LogP contribution in [0.4, 0.5) is 11.5 Å². The number of hydrogen-bond donors (Lipinski definition) is 1. The Morgan fingerprint density at radius 3 is 1.93 bits per heavy atom. The highest BCUT2D eigenvalue weighted by atomic mass is 35.5. The van der Waals surface area contributed by atoms with Crippen molar-refractivity contribution >= 4 is 83.1 Å². The minimum atomic E-state index is 0.214. The van der Waals surface area contributed by atoms with Crippen LogP contribution >= 0.6 is 46.0 Å². The fourth-order valence-electron chi connectivity index (χ4n) is 7.94. The highest BCUT2D eigenvalue weighted by molar-refractivity contribution is 8.14. The molecule has 0 spiro atoms. The normalized spacial score (nSPS) is 19.8. The molecule has 10 rings (SSSR count). The van der Waals surface area contributed by atoms with Gasteiger partial charge in [0.25, 0.3) is 0 Å². The highest BCUT2D eigenvalue weighted by Crippen LogP contribution is 2.40. The van der Waals surface area contributed by atoms with Crippen LogP contribution < -0.4 is 5.32 Å². The van der Waals surface area contributed by atoms with Crippen molar-refractivity contribution in [2.24, 2.45) is 0 Å². The quantitative estimate of drug-likeness (QED) is 0.204. The molecule has 54 heavy (non-hydrogen) atoms. The summed E-state index contributed by atoms with van der Waals surface area (Å²) in [6, 6.07) is 6.15. The molecule has 9 heterocycles. The monoisotopic (exact) mass is 805 g/mol. The molecule has 0 atom stereocenters. The predicted molar refractivity (Wildman–Crippen MR) is 217 cm³/mol. The van der Waals surface area contributed by atoms with Crippen LogP contribution in [0.2, 0.25) is 5.15 Å². The minimum absolute atomic E-state index is 0.214. The number of aromatic nitrogens is 4. The van der Waals surface area contributed by atoms with Crippen LogP contribution in [0.3, 0.4) is 0 Å². The number of hydrogen-bond acceptors (Lipinski definition) is 15. The zero-order chi connectivity index (χ0) is 36.4. The molecule has 2 saturated heterocycles. The molecule has 0 unspecified atom stereocenters. The molecular formula is C38H44ClN9O3S3. The molecule has 5 aliphatic heterocycles. The van der Waals surface area contributed by atoms with Crippen molar-refractivity contribution in [2.45, 2.75) is 37.2 Å². The van der Waals surface area contributed by atoms with Gasteiger partial charge in [0.1, 0.15) is 33.3 Å². The Morgan fingerprint density at radius 1 is 0.704 bits per heavy atom. The van der Waals surface area contributed by atoms with E-state index in [4.69, 9.17) is 21.1 Å². The summed E-state index contributed by atoms with van der Waals surface area (Å²) in [7, 11) is 0. The van der Waals surface area contributed by atoms with E-state index < -0.39 is 0 Å². The molecule has 0 radical (unpaired) electrons. The number of morpholine rings is 2. The first kappa shape index (κ1) is 36.8. The lowest BCUT2D eigenvalue weighted by molar-refractivity contribution is -0.110. The molecule has 0 bridgehead atoms. The lowest BCUT2D eigenvalue weighted by Gasteiger charge is -2.31. The van der Waals surface area contributed by atoms with Gasteiger partial charge in [0, 0.05) is 105 Å². The SMILES string of the molecule is Clc1ncnc2sc3c(c12)CCN(CCN1CCOCC1)C3.O=C1Cc2ccc(Nc3ncnc4sc5c(c34)CCN(CCN3CCOCC3)C5)cc2S1. The van der Waals surface area contributed by atoms with Gasteiger partial charge in [-0.1, -0.05) is 29.4 Å². The third-order valence-electron chi connectivity index (χ3n) is 10.9. The molecule has 4 aromatic heterocycles. The average Bonchev–Trinajstić information content (AvgIpc) is 3.89. The van der Waals surface area contributed by atoms with E-state index in [9.17, 15) is 4.79 Å². The van der Waals surface area contributed by atoms with Crippen LogP contribution in [-0.4, -0.2) is 137 Å². The van der Waals surface area contributed by atoms with Crippen LogP contribution in [-0.2, 0) is 46.6 Å².